The summed E-state index contributed by atoms with van der Waals surface area (Å²) in [4.78, 5) is 8.67. The van der Waals surface area contributed by atoms with Crippen LogP contribution in [0.2, 0.25) is 0 Å². The predicted molar refractivity (Wildman–Crippen MR) is 82.5 cm³/mol. The van der Waals surface area contributed by atoms with Gasteiger partial charge in [0.1, 0.15) is 5.75 Å². The zero-order valence-electron chi connectivity index (χ0n) is 11.4. The van der Waals surface area contributed by atoms with Gasteiger partial charge in [-0.1, -0.05) is 11.3 Å². The topological polar surface area (TPSA) is 47.0 Å². The fourth-order valence-corrected chi connectivity index (χ4v) is 2.87. The number of benzene rings is 1. The van der Waals surface area contributed by atoms with E-state index in [0.29, 0.717) is 0 Å². The van der Waals surface area contributed by atoms with Crippen molar-refractivity contribution >= 4 is 26.7 Å². The van der Waals surface area contributed by atoms with E-state index >= 15 is 0 Å². The number of nitrogens with zero attached hydrogens (tertiary/aromatic N) is 2. The first-order valence-electron chi connectivity index (χ1n) is 6.34. The van der Waals surface area contributed by atoms with E-state index < -0.39 is 0 Å². The number of nitrogens with one attached hydrogen (secondary N) is 1. The highest BCUT2D eigenvalue weighted by atomic mass is 32.1. The molecule has 0 amide bonds. The van der Waals surface area contributed by atoms with E-state index in [9.17, 15) is 0 Å². The van der Waals surface area contributed by atoms with Crippen molar-refractivity contribution in [2.45, 2.75) is 13.5 Å². The number of rotatable bonds is 4. The fraction of sp³-hybridized carbons (Fsp3) is 0.200. The maximum Gasteiger partial charge on any atom is 0.184 e. The van der Waals surface area contributed by atoms with E-state index in [0.717, 1.165) is 27.6 Å². The van der Waals surface area contributed by atoms with Crippen LogP contribution in [-0.4, -0.2) is 17.1 Å². The Balaban J connectivity index is 1.79. The summed E-state index contributed by atoms with van der Waals surface area (Å²) in [6, 6.07) is 7.95. The highest BCUT2D eigenvalue weighted by Gasteiger charge is 2.05. The molecule has 4 nitrogen and oxygen atoms in total. The van der Waals surface area contributed by atoms with Crippen LogP contribution in [0.4, 0.5) is 5.13 Å². The number of pyridine rings is 1. The van der Waals surface area contributed by atoms with Crippen molar-refractivity contribution in [1.82, 2.24) is 9.97 Å². The maximum absolute atomic E-state index is 5.23. The van der Waals surface area contributed by atoms with Gasteiger partial charge in [-0.05, 0) is 42.3 Å². The molecular formula is C15H15N3OS. The Morgan fingerprint density at radius 2 is 2.20 bits per heavy atom. The average Bonchev–Trinajstić information content (AvgIpc) is 2.88. The van der Waals surface area contributed by atoms with Crippen LogP contribution in [0.1, 0.15) is 11.1 Å². The standard InChI is InChI=1S/C15H15N3OS/c1-10-8-16-6-5-11(10)9-17-15-18-13-4-3-12(19-2)7-14(13)20-15/h3-8H,9H2,1-2H3,(H,17,18). The molecule has 3 aromatic rings. The molecule has 0 aliphatic rings. The highest BCUT2D eigenvalue weighted by Crippen LogP contribution is 2.29. The number of aryl methyl sites for hydroxylation is 1. The molecule has 0 saturated heterocycles. The van der Waals surface area contributed by atoms with E-state index in [1.165, 1.54) is 11.1 Å². The highest BCUT2D eigenvalue weighted by molar-refractivity contribution is 7.22. The number of hydrogen-bond acceptors (Lipinski definition) is 5. The third-order valence-corrected chi connectivity index (χ3v) is 4.14. The third-order valence-electron chi connectivity index (χ3n) is 3.16. The lowest BCUT2D eigenvalue weighted by Gasteiger charge is -2.05. The molecule has 0 radical (unpaired) electrons. The van der Waals surface area contributed by atoms with Crippen LogP contribution in [0.25, 0.3) is 10.2 Å². The van der Waals surface area contributed by atoms with Gasteiger partial charge in [-0.2, -0.15) is 0 Å². The largest absolute Gasteiger partial charge is 0.497 e. The van der Waals surface area contributed by atoms with E-state index in [1.54, 1.807) is 18.4 Å². The van der Waals surface area contributed by atoms with Gasteiger partial charge in [-0.25, -0.2) is 4.98 Å². The Morgan fingerprint density at radius 1 is 1.30 bits per heavy atom. The number of hydrogen-bond donors (Lipinski definition) is 1. The summed E-state index contributed by atoms with van der Waals surface area (Å²) in [6.45, 7) is 2.82. The van der Waals surface area contributed by atoms with Crippen molar-refractivity contribution in [2.75, 3.05) is 12.4 Å². The monoisotopic (exact) mass is 285 g/mol. The van der Waals surface area contributed by atoms with E-state index in [1.807, 2.05) is 36.7 Å². The number of methoxy groups -OCH3 is 1. The molecule has 0 unspecified atom stereocenters. The van der Waals surface area contributed by atoms with E-state index in [-0.39, 0.29) is 0 Å². The molecule has 0 aliphatic carbocycles. The predicted octanol–water partition coefficient (Wildman–Crippen LogP) is 3.62. The lowest BCUT2D eigenvalue weighted by Crippen LogP contribution is -2.00. The summed E-state index contributed by atoms with van der Waals surface area (Å²) in [6.07, 6.45) is 3.69. The molecule has 3 rings (SSSR count). The minimum Gasteiger partial charge on any atom is -0.497 e. The number of aromatic nitrogens is 2. The molecule has 1 aromatic carbocycles. The summed E-state index contributed by atoms with van der Waals surface area (Å²) < 4.78 is 6.35. The van der Waals surface area contributed by atoms with Crippen LogP contribution in [0, 0.1) is 6.92 Å². The minimum absolute atomic E-state index is 0.755. The second kappa shape index (κ2) is 5.46. The Labute approximate surface area is 121 Å². The van der Waals surface area contributed by atoms with Gasteiger partial charge in [0.2, 0.25) is 0 Å². The molecular weight excluding hydrogens is 270 g/mol. The molecule has 0 saturated carbocycles. The molecule has 0 aliphatic heterocycles. The molecule has 0 bridgehead atoms. The smallest absolute Gasteiger partial charge is 0.184 e. The molecule has 102 valence electrons. The number of anilines is 1. The van der Waals surface area contributed by atoms with Crippen molar-refractivity contribution < 1.29 is 4.74 Å². The minimum atomic E-state index is 0.755. The van der Waals surface area contributed by atoms with Crippen LogP contribution < -0.4 is 10.1 Å². The first-order valence-corrected chi connectivity index (χ1v) is 7.16. The second-order valence-corrected chi connectivity index (χ2v) is 5.54. The second-order valence-electron chi connectivity index (χ2n) is 4.51. The summed E-state index contributed by atoms with van der Waals surface area (Å²) in [5.41, 5.74) is 3.41. The summed E-state index contributed by atoms with van der Waals surface area (Å²) in [5.74, 6) is 0.859. The Kier molecular flexibility index (Phi) is 3.52. The molecule has 0 spiro atoms. The number of thiazole rings is 1. The first-order chi connectivity index (χ1) is 9.76. The molecule has 2 heterocycles. The van der Waals surface area contributed by atoms with Gasteiger partial charge in [0.15, 0.2) is 5.13 Å². The Bertz CT molecular complexity index is 739. The third kappa shape index (κ3) is 2.58. The zero-order chi connectivity index (χ0) is 13.9. The van der Waals surface area contributed by atoms with Crippen LogP contribution in [0.5, 0.6) is 5.75 Å². The van der Waals surface area contributed by atoms with Gasteiger partial charge in [0.05, 0.1) is 17.3 Å². The number of ether oxygens (including phenoxy) is 1. The van der Waals surface area contributed by atoms with Crippen molar-refractivity contribution in [3.05, 3.63) is 47.8 Å². The van der Waals surface area contributed by atoms with Gasteiger partial charge in [-0.3, -0.25) is 4.98 Å². The quantitative estimate of drug-likeness (QED) is 0.795. The van der Waals surface area contributed by atoms with Crippen molar-refractivity contribution in [3.63, 3.8) is 0 Å². The average molecular weight is 285 g/mol. The molecule has 20 heavy (non-hydrogen) atoms. The van der Waals surface area contributed by atoms with Crippen LogP contribution >= 0.6 is 11.3 Å². The van der Waals surface area contributed by atoms with Crippen molar-refractivity contribution in [3.8, 4) is 5.75 Å². The SMILES string of the molecule is COc1ccc2nc(NCc3ccncc3C)sc2c1. The van der Waals surface area contributed by atoms with E-state index in [2.05, 4.69) is 22.2 Å². The number of fused-ring (bicyclic) bond motifs is 1. The molecule has 0 atom stereocenters. The normalized spacial score (nSPS) is 10.7. The van der Waals surface area contributed by atoms with Gasteiger partial charge in [0.25, 0.3) is 0 Å². The summed E-state index contributed by atoms with van der Waals surface area (Å²) in [7, 11) is 1.67. The van der Waals surface area contributed by atoms with Gasteiger partial charge >= 0.3 is 0 Å². The zero-order valence-corrected chi connectivity index (χ0v) is 12.2. The van der Waals surface area contributed by atoms with Crippen molar-refractivity contribution in [1.29, 1.82) is 0 Å². The molecule has 1 N–H and O–H groups in total. The summed E-state index contributed by atoms with van der Waals surface area (Å²) in [5, 5.41) is 4.29. The van der Waals surface area contributed by atoms with E-state index in [4.69, 9.17) is 4.74 Å². The first kappa shape index (κ1) is 12.9. The summed E-state index contributed by atoms with van der Waals surface area (Å²) >= 11 is 1.63. The lowest BCUT2D eigenvalue weighted by atomic mass is 10.2. The van der Waals surface area contributed by atoms with Crippen molar-refractivity contribution in [2.24, 2.45) is 0 Å². The lowest BCUT2D eigenvalue weighted by molar-refractivity contribution is 0.415. The Hall–Kier alpha value is -2.14. The van der Waals surface area contributed by atoms with Gasteiger partial charge < -0.3 is 10.1 Å². The van der Waals surface area contributed by atoms with Gasteiger partial charge in [-0.15, -0.1) is 0 Å². The molecule has 5 heteroatoms. The molecule has 0 fully saturated rings. The fourth-order valence-electron chi connectivity index (χ4n) is 1.98. The van der Waals surface area contributed by atoms with Crippen LogP contribution in [-0.2, 0) is 6.54 Å². The Morgan fingerprint density at radius 3 is 3.00 bits per heavy atom. The molecule has 2 aromatic heterocycles. The van der Waals surface area contributed by atoms with Gasteiger partial charge in [0, 0.05) is 18.9 Å². The van der Waals surface area contributed by atoms with Crippen LogP contribution in [0.3, 0.4) is 0 Å². The van der Waals surface area contributed by atoms with Crippen LogP contribution in [0.15, 0.2) is 36.7 Å². The maximum atomic E-state index is 5.23.